The Labute approximate surface area is 132 Å². The van der Waals surface area contributed by atoms with Gasteiger partial charge in [-0.05, 0) is 56.1 Å². The molecular weight excluding hydrogens is 258 g/mol. The molecule has 0 spiro atoms. The van der Waals surface area contributed by atoms with Gasteiger partial charge in [-0.15, -0.1) is 0 Å². The average Bonchev–Trinajstić information content (AvgIpc) is 2.90. The van der Waals surface area contributed by atoms with Crippen molar-refractivity contribution >= 4 is 0 Å². The van der Waals surface area contributed by atoms with E-state index in [0.717, 1.165) is 12.0 Å². The summed E-state index contributed by atoms with van der Waals surface area (Å²) in [5.41, 5.74) is 6.68. The molecule has 1 aliphatic heterocycles. The van der Waals surface area contributed by atoms with Gasteiger partial charge in [0.05, 0.1) is 0 Å². The van der Waals surface area contributed by atoms with Gasteiger partial charge < -0.3 is 10.6 Å². The third-order valence-electron chi connectivity index (χ3n) is 6.77. The number of likely N-dealkylation sites (tertiary alicyclic amines) is 1. The van der Waals surface area contributed by atoms with Crippen LogP contribution in [-0.4, -0.2) is 54.6 Å². The highest BCUT2D eigenvalue weighted by Crippen LogP contribution is 2.44. The Balaban J connectivity index is 1.91. The molecule has 124 valence electrons. The maximum atomic E-state index is 6.30. The van der Waals surface area contributed by atoms with E-state index in [1.165, 1.54) is 52.0 Å². The predicted octanol–water partition coefficient (Wildman–Crippen LogP) is 2.80. The zero-order valence-corrected chi connectivity index (χ0v) is 14.9. The first kappa shape index (κ1) is 17.2. The minimum atomic E-state index is 0.380. The van der Waals surface area contributed by atoms with Crippen LogP contribution in [-0.2, 0) is 0 Å². The minimum absolute atomic E-state index is 0.380. The first-order chi connectivity index (χ1) is 9.90. The Morgan fingerprint density at radius 1 is 1.14 bits per heavy atom. The molecule has 1 saturated heterocycles. The molecule has 1 aliphatic carbocycles. The third kappa shape index (κ3) is 3.62. The molecule has 1 saturated carbocycles. The highest BCUT2D eigenvalue weighted by molar-refractivity contribution is 4.95. The Morgan fingerprint density at radius 3 is 2.43 bits per heavy atom. The van der Waals surface area contributed by atoms with E-state index in [4.69, 9.17) is 5.73 Å². The molecule has 3 nitrogen and oxygen atoms in total. The SMILES string of the molecule is CCN(CC)C1CCN(CC2CCC(N)C(C)C2(C)C)C1. The Hall–Kier alpha value is -0.120. The van der Waals surface area contributed by atoms with Crippen LogP contribution in [0.15, 0.2) is 0 Å². The molecule has 1 heterocycles. The van der Waals surface area contributed by atoms with Gasteiger partial charge in [0, 0.05) is 25.2 Å². The zero-order valence-electron chi connectivity index (χ0n) is 14.9. The predicted molar refractivity (Wildman–Crippen MR) is 91.4 cm³/mol. The van der Waals surface area contributed by atoms with Gasteiger partial charge in [0.25, 0.3) is 0 Å². The average molecular weight is 296 g/mol. The van der Waals surface area contributed by atoms with E-state index in [-0.39, 0.29) is 0 Å². The minimum Gasteiger partial charge on any atom is -0.327 e. The molecule has 0 aromatic carbocycles. The second-order valence-corrected chi connectivity index (χ2v) is 7.97. The van der Waals surface area contributed by atoms with Crippen LogP contribution >= 0.6 is 0 Å². The molecule has 0 amide bonds. The van der Waals surface area contributed by atoms with Crippen molar-refractivity contribution in [3.63, 3.8) is 0 Å². The molecule has 2 rings (SSSR count). The first-order valence-electron chi connectivity index (χ1n) is 9.12. The summed E-state index contributed by atoms with van der Waals surface area (Å²) in [6, 6.07) is 1.18. The van der Waals surface area contributed by atoms with Crippen LogP contribution in [0, 0.1) is 17.3 Å². The van der Waals surface area contributed by atoms with Crippen molar-refractivity contribution in [3.05, 3.63) is 0 Å². The number of rotatable bonds is 5. The lowest BCUT2D eigenvalue weighted by molar-refractivity contribution is 0.0319. The third-order valence-corrected chi connectivity index (χ3v) is 6.77. The Bertz CT molecular complexity index is 324. The van der Waals surface area contributed by atoms with Crippen molar-refractivity contribution in [3.8, 4) is 0 Å². The van der Waals surface area contributed by atoms with Crippen LogP contribution in [0.1, 0.15) is 53.9 Å². The van der Waals surface area contributed by atoms with Crippen LogP contribution in [0.3, 0.4) is 0 Å². The van der Waals surface area contributed by atoms with Gasteiger partial charge in [0.2, 0.25) is 0 Å². The molecule has 0 radical (unpaired) electrons. The maximum absolute atomic E-state index is 6.30. The summed E-state index contributed by atoms with van der Waals surface area (Å²) in [6.45, 7) is 18.0. The molecule has 2 N–H and O–H groups in total. The van der Waals surface area contributed by atoms with Gasteiger partial charge >= 0.3 is 0 Å². The quantitative estimate of drug-likeness (QED) is 0.846. The molecule has 3 heteroatoms. The molecule has 21 heavy (non-hydrogen) atoms. The summed E-state index contributed by atoms with van der Waals surface area (Å²) >= 11 is 0. The topological polar surface area (TPSA) is 32.5 Å². The lowest BCUT2D eigenvalue weighted by Gasteiger charge is -2.48. The maximum Gasteiger partial charge on any atom is 0.0235 e. The van der Waals surface area contributed by atoms with Crippen molar-refractivity contribution < 1.29 is 0 Å². The van der Waals surface area contributed by atoms with Crippen LogP contribution in [0.4, 0.5) is 0 Å². The molecule has 2 aliphatic rings. The fourth-order valence-corrected chi connectivity index (χ4v) is 4.59. The Morgan fingerprint density at radius 2 is 1.81 bits per heavy atom. The molecular formula is C18H37N3. The molecule has 0 aromatic rings. The van der Waals surface area contributed by atoms with E-state index in [1.807, 2.05) is 0 Å². The van der Waals surface area contributed by atoms with Crippen LogP contribution < -0.4 is 5.73 Å². The standard InChI is InChI=1S/C18H37N3/c1-6-21(7-2)16-10-11-20(13-16)12-15-8-9-17(19)14(3)18(15,4)5/h14-17H,6-13,19H2,1-5H3. The zero-order chi connectivity index (χ0) is 15.6. The van der Waals surface area contributed by atoms with Gasteiger partial charge in [-0.1, -0.05) is 34.6 Å². The summed E-state index contributed by atoms with van der Waals surface area (Å²) in [5, 5.41) is 0. The number of likely N-dealkylation sites (N-methyl/N-ethyl adjacent to an activating group) is 1. The van der Waals surface area contributed by atoms with Crippen molar-refractivity contribution in [1.82, 2.24) is 9.80 Å². The van der Waals surface area contributed by atoms with Crippen LogP contribution in [0.5, 0.6) is 0 Å². The van der Waals surface area contributed by atoms with Crippen molar-refractivity contribution in [2.75, 3.05) is 32.7 Å². The second-order valence-electron chi connectivity index (χ2n) is 7.97. The first-order valence-corrected chi connectivity index (χ1v) is 9.12. The summed E-state index contributed by atoms with van der Waals surface area (Å²) in [6.07, 6.45) is 3.87. The number of nitrogens with two attached hydrogens (primary N) is 1. The van der Waals surface area contributed by atoms with Gasteiger partial charge in [0.1, 0.15) is 0 Å². The summed E-state index contributed by atoms with van der Waals surface area (Å²) in [5.74, 6) is 1.44. The van der Waals surface area contributed by atoms with Crippen molar-refractivity contribution in [2.24, 2.45) is 23.0 Å². The monoisotopic (exact) mass is 295 g/mol. The van der Waals surface area contributed by atoms with E-state index in [2.05, 4.69) is 44.4 Å². The van der Waals surface area contributed by atoms with Gasteiger partial charge in [-0.3, -0.25) is 4.90 Å². The Kier molecular flexibility index (Phi) is 5.72. The van der Waals surface area contributed by atoms with E-state index >= 15 is 0 Å². The van der Waals surface area contributed by atoms with Crippen LogP contribution in [0.25, 0.3) is 0 Å². The lowest BCUT2D eigenvalue weighted by Crippen LogP contribution is -2.50. The summed E-state index contributed by atoms with van der Waals surface area (Å²) in [4.78, 5) is 5.35. The smallest absolute Gasteiger partial charge is 0.0235 e. The largest absolute Gasteiger partial charge is 0.327 e. The molecule has 4 unspecified atom stereocenters. The molecule has 0 aromatic heterocycles. The van der Waals surface area contributed by atoms with Gasteiger partial charge in [0.15, 0.2) is 0 Å². The van der Waals surface area contributed by atoms with Crippen LogP contribution in [0.2, 0.25) is 0 Å². The van der Waals surface area contributed by atoms with E-state index < -0.39 is 0 Å². The summed E-state index contributed by atoms with van der Waals surface area (Å²) in [7, 11) is 0. The van der Waals surface area contributed by atoms with E-state index in [0.29, 0.717) is 17.4 Å². The van der Waals surface area contributed by atoms with Gasteiger partial charge in [-0.2, -0.15) is 0 Å². The highest BCUT2D eigenvalue weighted by Gasteiger charge is 2.42. The normalized spacial score (nSPS) is 37.3. The molecule has 4 atom stereocenters. The number of hydrogen-bond acceptors (Lipinski definition) is 3. The van der Waals surface area contributed by atoms with E-state index in [1.54, 1.807) is 0 Å². The summed E-state index contributed by atoms with van der Waals surface area (Å²) < 4.78 is 0. The fourth-order valence-electron chi connectivity index (χ4n) is 4.59. The van der Waals surface area contributed by atoms with E-state index in [9.17, 15) is 0 Å². The van der Waals surface area contributed by atoms with Crippen molar-refractivity contribution in [2.45, 2.75) is 66.0 Å². The van der Waals surface area contributed by atoms with Crippen molar-refractivity contribution in [1.29, 1.82) is 0 Å². The lowest BCUT2D eigenvalue weighted by atomic mass is 9.61. The second kappa shape index (κ2) is 6.97. The molecule has 2 fully saturated rings. The fraction of sp³-hybridized carbons (Fsp3) is 1.00. The van der Waals surface area contributed by atoms with Gasteiger partial charge in [-0.25, -0.2) is 0 Å². The number of hydrogen-bond donors (Lipinski definition) is 1. The number of nitrogens with zero attached hydrogens (tertiary/aromatic N) is 2. The highest BCUT2D eigenvalue weighted by atomic mass is 15.2. The molecule has 0 bridgehead atoms.